The maximum atomic E-state index is 13.7. The SMILES string of the molecule is CCCC(NC1CCN(c2ccccc2F)C1=O)C(=O)O. The standard InChI is InChI=1S/C15H19FN2O3/c1-2-5-12(15(20)21)17-11-8-9-18(14(11)19)13-7-4-3-6-10(13)16/h3-4,6-7,11-12,17H,2,5,8-9H2,1H3,(H,20,21). The molecular weight excluding hydrogens is 275 g/mol. The van der Waals surface area contributed by atoms with Crippen LogP contribution in [0.3, 0.4) is 0 Å². The molecule has 0 bridgehead atoms. The first kappa shape index (κ1) is 15.4. The summed E-state index contributed by atoms with van der Waals surface area (Å²) in [6.07, 6.45) is 1.64. The van der Waals surface area contributed by atoms with Crippen LogP contribution in [-0.4, -0.2) is 35.6 Å². The lowest BCUT2D eigenvalue weighted by Gasteiger charge is -2.20. The second-order valence-corrected chi connectivity index (χ2v) is 5.13. The lowest BCUT2D eigenvalue weighted by atomic mass is 10.1. The second kappa shape index (κ2) is 6.67. The summed E-state index contributed by atoms with van der Waals surface area (Å²) >= 11 is 0. The first-order chi connectivity index (χ1) is 10.0. The zero-order chi connectivity index (χ0) is 15.4. The van der Waals surface area contributed by atoms with Gasteiger partial charge in [0.25, 0.3) is 0 Å². The van der Waals surface area contributed by atoms with Gasteiger partial charge in [0.2, 0.25) is 5.91 Å². The van der Waals surface area contributed by atoms with E-state index in [1.165, 1.54) is 11.0 Å². The van der Waals surface area contributed by atoms with Crippen molar-refractivity contribution in [3.8, 4) is 0 Å². The van der Waals surface area contributed by atoms with Crippen LogP contribution in [0.15, 0.2) is 24.3 Å². The Morgan fingerprint density at radius 2 is 2.24 bits per heavy atom. The fraction of sp³-hybridized carbons (Fsp3) is 0.467. The van der Waals surface area contributed by atoms with Crippen molar-refractivity contribution in [1.29, 1.82) is 0 Å². The van der Waals surface area contributed by atoms with Gasteiger partial charge < -0.3 is 10.0 Å². The van der Waals surface area contributed by atoms with Crippen LogP contribution in [0.2, 0.25) is 0 Å². The quantitative estimate of drug-likeness (QED) is 0.839. The highest BCUT2D eigenvalue weighted by Gasteiger charge is 2.35. The molecule has 0 spiro atoms. The Hall–Kier alpha value is -1.95. The molecule has 0 aliphatic carbocycles. The molecule has 1 heterocycles. The highest BCUT2D eigenvalue weighted by atomic mass is 19.1. The van der Waals surface area contributed by atoms with E-state index in [4.69, 9.17) is 5.11 Å². The van der Waals surface area contributed by atoms with E-state index >= 15 is 0 Å². The van der Waals surface area contributed by atoms with Crippen LogP contribution in [0, 0.1) is 5.82 Å². The molecule has 1 aliphatic rings. The average Bonchev–Trinajstić information content (AvgIpc) is 2.80. The van der Waals surface area contributed by atoms with E-state index in [-0.39, 0.29) is 11.6 Å². The molecule has 1 aromatic rings. The highest BCUT2D eigenvalue weighted by molar-refractivity contribution is 5.99. The van der Waals surface area contributed by atoms with Gasteiger partial charge in [0.1, 0.15) is 11.9 Å². The molecule has 2 rings (SSSR count). The first-order valence-corrected chi connectivity index (χ1v) is 7.09. The Morgan fingerprint density at radius 1 is 1.52 bits per heavy atom. The number of nitrogens with zero attached hydrogens (tertiary/aromatic N) is 1. The van der Waals surface area contributed by atoms with Crippen LogP contribution in [0.1, 0.15) is 26.2 Å². The van der Waals surface area contributed by atoms with E-state index in [9.17, 15) is 14.0 Å². The summed E-state index contributed by atoms with van der Waals surface area (Å²) in [6.45, 7) is 2.27. The van der Waals surface area contributed by atoms with E-state index in [1.54, 1.807) is 18.2 Å². The van der Waals surface area contributed by atoms with Gasteiger partial charge >= 0.3 is 5.97 Å². The predicted molar refractivity (Wildman–Crippen MR) is 76.6 cm³/mol. The van der Waals surface area contributed by atoms with Crippen molar-refractivity contribution in [2.75, 3.05) is 11.4 Å². The first-order valence-electron chi connectivity index (χ1n) is 7.09. The minimum Gasteiger partial charge on any atom is -0.480 e. The molecule has 1 fully saturated rings. The number of aliphatic carboxylic acids is 1. The van der Waals surface area contributed by atoms with Crippen LogP contribution < -0.4 is 10.2 Å². The van der Waals surface area contributed by atoms with Crippen molar-refractivity contribution in [2.24, 2.45) is 0 Å². The number of nitrogens with one attached hydrogen (secondary N) is 1. The number of carbonyl (C=O) groups is 2. The summed E-state index contributed by atoms with van der Waals surface area (Å²) < 4.78 is 13.7. The summed E-state index contributed by atoms with van der Waals surface area (Å²) in [5, 5.41) is 12.0. The molecule has 1 saturated heterocycles. The van der Waals surface area contributed by atoms with Gasteiger partial charge in [-0.25, -0.2) is 4.39 Å². The smallest absolute Gasteiger partial charge is 0.320 e. The maximum Gasteiger partial charge on any atom is 0.320 e. The predicted octanol–water partition coefficient (Wildman–Crippen LogP) is 1.77. The van der Waals surface area contributed by atoms with Crippen molar-refractivity contribution < 1.29 is 19.1 Å². The molecule has 1 amide bonds. The summed E-state index contributed by atoms with van der Waals surface area (Å²) in [4.78, 5) is 24.8. The maximum absolute atomic E-state index is 13.7. The number of anilines is 1. The minimum atomic E-state index is -0.964. The van der Waals surface area contributed by atoms with E-state index in [0.29, 0.717) is 25.8 Å². The van der Waals surface area contributed by atoms with Crippen molar-refractivity contribution in [2.45, 2.75) is 38.3 Å². The van der Waals surface area contributed by atoms with Gasteiger partial charge in [0.05, 0.1) is 11.7 Å². The van der Waals surface area contributed by atoms with E-state index < -0.39 is 23.9 Å². The molecule has 21 heavy (non-hydrogen) atoms. The van der Waals surface area contributed by atoms with Crippen molar-refractivity contribution in [3.63, 3.8) is 0 Å². The Labute approximate surface area is 122 Å². The number of benzene rings is 1. The van der Waals surface area contributed by atoms with E-state index in [2.05, 4.69) is 5.32 Å². The van der Waals surface area contributed by atoms with Crippen LogP contribution in [-0.2, 0) is 9.59 Å². The van der Waals surface area contributed by atoms with Crippen molar-refractivity contribution >= 4 is 17.6 Å². The summed E-state index contributed by atoms with van der Waals surface area (Å²) in [5.74, 6) is -1.69. The Kier molecular flexibility index (Phi) is 4.90. The number of amides is 1. The number of carboxylic acid groups (broad SMARTS) is 1. The third-order valence-corrected chi connectivity index (χ3v) is 3.63. The normalized spacial score (nSPS) is 19.8. The molecule has 114 valence electrons. The monoisotopic (exact) mass is 294 g/mol. The van der Waals surface area contributed by atoms with Gasteiger partial charge in [0.15, 0.2) is 0 Å². The number of rotatable bonds is 6. The molecule has 1 aromatic carbocycles. The summed E-state index contributed by atoms with van der Waals surface area (Å²) in [6, 6.07) is 4.78. The summed E-state index contributed by atoms with van der Waals surface area (Å²) in [7, 11) is 0. The van der Waals surface area contributed by atoms with Gasteiger partial charge in [-0.2, -0.15) is 0 Å². The number of halogens is 1. The number of para-hydroxylation sites is 1. The Bertz CT molecular complexity index is 535. The van der Waals surface area contributed by atoms with Gasteiger partial charge in [0, 0.05) is 6.54 Å². The molecule has 6 heteroatoms. The molecule has 2 N–H and O–H groups in total. The average molecular weight is 294 g/mol. The lowest BCUT2D eigenvalue weighted by Crippen LogP contribution is -2.47. The minimum absolute atomic E-state index is 0.245. The topological polar surface area (TPSA) is 69.6 Å². The number of hydrogen-bond donors (Lipinski definition) is 2. The third-order valence-electron chi connectivity index (χ3n) is 3.63. The molecule has 2 atom stereocenters. The molecule has 0 aromatic heterocycles. The van der Waals surface area contributed by atoms with Crippen LogP contribution in [0.5, 0.6) is 0 Å². The van der Waals surface area contributed by atoms with E-state index in [0.717, 1.165) is 0 Å². The number of carboxylic acids is 1. The number of carbonyl (C=O) groups excluding carboxylic acids is 1. The van der Waals surface area contributed by atoms with Crippen LogP contribution in [0.25, 0.3) is 0 Å². The summed E-state index contributed by atoms with van der Waals surface area (Å²) in [5.41, 5.74) is 0.245. The molecule has 0 radical (unpaired) electrons. The molecule has 5 nitrogen and oxygen atoms in total. The van der Waals surface area contributed by atoms with Gasteiger partial charge in [-0.3, -0.25) is 14.9 Å². The van der Waals surface area contributed by atoms with Crippen molar-refractivity contribution in [1.82, 2.24) is 5.32 Å². The fourth-order valence-electron chi connectivity index (χ4n) is 2.55. The zero-order valence-electron chi connectivity index (χ0n) is 11.9. The second-order valence-electron chi connectivity index (χ2n) is 5.13. The number of hydrogen-bond acceptors (Lipinski definition) is 3. The molecule has 1 aliphatic heterocycles. The Balaban J connectivity index is 2.08. The highest BCUT2D eigenvalue weighted by Crippen LogP contribution is 2.24. The van der Waals surface area contributed by atoms with Gasteiger partial charge in [-0.1, -0.05) is 25.5 Å². The third kappa shape index (κ3) is 3.39. The largest absolute Gasteiger partial charge is 0.480 e. The molecule has 0 saturated carbocycles. The Morgan fingerprint density at radius 3 is 2.86 bits per heavy atom. The fourth-order valence-corrected chi connectivity index (χ4v) is 2.55. The van der Waals surface area contributed by atoms with Gasteiger partial charge in [-0.05, 0) is 25.0 Å². The molecule has 2 unspecified atom stereocenters. The zero-order valence-corrected chi connectivity index (χ0v) is 11.9. The van der Waals surface area contributed by atoms with Crippen LogP contribution in [0.4, 0.5) is 10.1 Å². The molecular formula is C15H19FN2O3. The van der Waals surface area contributed by atoms with Gasteiger partial charge in [-0.15, -0.1) is 0 Å². The lowest BCUT2D eigenvalue weighted by molar-refractivity contribution is -0.140. The van der Waals surface area contributed by atoms with E-state index in [1.807, 2.05) is 6.92 Å². The van der Waals surface area contributed by atoms with Crippen molar-refractivity contribution in [3.05, 3.63) is 30.1 Å². The van der Waals surface area contributed by atoms with Crippen LogP contribution >= 0.6 is 0 Å².